The molecule has 27 heavy (non-hydrogen) atoms. The minimum atomic E-state index is -0.306. The second-order valence-electron chi connectivity index (χ2n) is 6.54. The zero-order chi connectivity index (χ0) is 19.3. The molecule has 1 atom stereocenters. The van der Waals surface area contributed by atoms with Crippen LogP contribution in [0.25, 0.3) is 0 Å². The number of nitrogens with zero attached hydrogens (tertiary/aromatic N) is 2. The van der Waals surface area contributed by atoms with E-state index < -0.39 is 0 Å². The first-order valence-electron chi connectivity index (χ1n) is 8.57. The number of rotatable bonds is 4. The molecule has 4 rings (SSSR count). The summed E-state index contributed by atoms with van der Waals surface area (Å²) in [6, 6.07) is 1.94. The third-order valence-electron chi connectivity index (χ3n) is 4.56. The van der Waals surface area contributed by atoms with Gasteiger partial charge < -0.3 is 18.9 Å². The summed E-state index contributed by atoms with van der Waals surface area (Å²) >= 11 is 1.50. The molecular formula is C18H21N3O5S. The quantitative estimate of drug-likeness (QED) is 0.860. The van der Waals surface area contributed by atoms with Crippen molar-refractivity contribution in [1.82, 2.24) is 9.78 Å². The fraction of sp³-hybridized carbons (Fsp3) is 0.444. The Labute approximate surface area is 160 Å². The Morgan fingerprint density at radius 2 is 2.04 bits per heavy atom. The van der Waals surface area contributed by atoms with Crippen LogP contribution in [0.4, 0.5) is 5.82 Å². The summed E-state index contributed by atoms with van der Waals surface area (Å²) in [6.45, 7) is 6.05. The molecule has 0 fully saturated rings. The number of ether oxygens (including phenoxy) is 4. The Morgan fingerprint density at radius 3 is 2.70 bits per heavy atom. The minimum Gasteiger partial charge on any atom is -0.492 e. The molecule has 2 aliphatic heterocycles. The Bertz CT molecular complexity index is 992. The first-order valence-corrected chi connectivity index (χ1v) is 9.45. The maximum absolute atomic E-state index is 12.8. The molecule has 0 amide bonds. The van der Waals surface area contributed by atoms with E-state index in [0.29, 0.717) is 34.4 Å². The van der Waals surface area contributed by atoms with Crippen LogP contribution in [0.5, 0.6) is 23.0 Å². The van der Waals surface area contributed by atoms with E-state index in [4.69, 9.17) is 18.9 Å². The second-order valence-corrected chi connectivity index (χ2v) is 7.83. The predicted molar refractivity (Wildman–Crippen MR) is 103 cm³/mol. The van der Waals surface area contributed by atoms with E-state index in [2.05, 4.69) is 10.1 Å². The Kier molecular flexibility index (Phi) is 4.33. The van der Waals surface area contributed by atoms with Gasteiger partial charge in [-0.25, -0.2) is 4.99 Å². The fourth-order valence-electron chi connectivity index (χ4n) is 3.41. The molecule has 0 aliphatic carbocycles. The molecule has 1 aromatic heterocycles. The molecule has 0 saturated carbocycles. The molecule has 0 bridgehead atoms. The first-order chi connectivity index (χ1) is 13.0. The molecular weight excluding hydrogens is 370 g/mol. The third-order valence-corrected chi connectivity index (χ3v) is 5.72. The lowest BCUT2D eigenvalue weighted by molar-refractivity contribution is 0.170. The topological polar surface area (TPSA) is 87.1 Å². The van der Waals surface area contributed by atoms with Gasteiger partial charge in [-0.1, -0.05) is 11.8 Å². The number of H-pyrrole nitrogens is 1. The van der Waals surface area contributed by atoms with Crippen LogP contribution in [0.3, 0.4) is 0 Å². The molecule has 144 valence electrons. The van der Waals surface area contributed by atoms with E-state index >= 15 is 0 Å². The van der Waals surface area contributed by atoms with Gasteiger partial charge in [-0.2, -0.15) is 0 Å². The molecule has 2 aliphatic rings. The van der Waals surface area contributed by atoms with Crippen molar-refractivity contribution in [2.24, 2.45) is 4.99 Å². The number of fused-ring (bicyclic) bond motifs is 2. The number of hydrogen-bond acceptors (Lipinski definition) is 7. The maximum Gasteiger partial charge on any atom is 0.271 e. The van der Waals surface area contributed by atoms with Crippen molar-refractivity contribution in [1.29, 1.82) is 0 Å². The van der Waals surface area contributed by atoms with Gasteiger partial charge >= 0.3 is 0 Å². The Balaban J connectivity index is 1.97. The van der Waals surface area contributed by atoms with Crippen molar-refractivity contribution in [2.75, 3.05) is 21.0 Å². The SMILES string of the molecule is COc1c([C@@H]2SC(C)=Nc3c2c(=O)[nH]n3C(C)C)cc2c(c1OC)OCO2. The zero-order valence-corrected chi connectivity index (χ0v) is 16.6. The summed E-state index contributed by atoms with van der Waals surface area (Å²) in [7, 11) is 3.13. The Morgan fingerprint density at radius 1 is 1.30 bits per heavy atom. The summed E-state index contributed by atoms with van der Waals surface area (Å²) in [5.74, 6) is 2.72. The van der Waals surface area contributed by atoms with E-state index in [1.165, 1.54) is 11.8 Å². The average Bonchev–Trinajstić information content (AvgIpc) is 3.23. The highest BCUT2D eigenvalue weighted by Gasteiger charge is 2.36. The molecule has 3 heterocycles. The van der Waals surface area contributed by atoms with Crippen molar-refractivity contribution in [3.05, 3.63) is 27.5 Å². The van der Waals surface area contributed by atoms with Gasteiger partial charge in [-0.3, -0.25) is 14.6 Å². The van der Waals surface area contributed by atoms with Gasteiger partial charge in [0.05, 0.1) is 30.1 Å². The lowest BCUT2D eigenvalue weighted by Crippen LogP contribution is -2.14. The number of benzene rings is 1. The van der Waals surface area contributed by atoms with Crippen LogP contribution in [0.2, 0.25) is 0 Å². The van der Waals surface area contributed by atoms with Crippen LogP contribution in [0, 0.1) is 0 Å². The number of aromatic nitrogens is 2. The summed E-state index contributed by atoms with van der Waals surface area (Å²) in [5, 5.41) is 3.46. The van der Waals surface area contributed by atoms with Gasteiger partial charge in [-0.05, 0) is 26.8 Å². The molecule has 0 unspecified atom stereocenters. The van der Waals surface area contributed by atoms with E-state index in [1.54, 1.807) is 18.9 Å². The van der Waals surface area contributed by atoms with Crippen molar-refractivity contribution >= 4 is 22.6 Å². The predicted octanol–water partition coefficient (Wildman–Crippen LogP) is 3.39. The highest BCUT2D eigenvalue weighted by molar-refractivity contribution is 8.14. The molecule has 8 nitrogen and oxygen atoms in total. The highest BCUT2D eigenvalue weighted by Crippen LogP contribution is 2.55. The van der Waals surface area contributed by atoms with E-state index in [0.717, 1.165) is 10.6 Å². The maximum atomic E-state index is 12.8. The van der Waals surface area contributed by atoms with Crippen LogP contribution in [-0.4, -0.2) is 35.8 Å². The first kappa shape index (κ1) is 17.8. The van der Waals surface area contributed by atoms with Crippen LogP contribution in [0.1, 0.15) is 43.2 Å². The summed E-state index contributed by atoms with van der Waals surface area (Å²) in [6.07, 6.45) is 0. The van der Waals surface area contributed by atoms with Crippen molar-refractivity contribution in [3.8, 4) is 23.0 Å². The van der Waals surface area contributed by atoms with Gasteiger partial charge in [0.2, 0.25) is 18.3 Å². The number of aliphatic imine (C=N–C) groups is 1. The normalized spacial score (nSPS) is 17.7. The zero-order valence-electron chi connectivity index (χ0n) is 15.8. The summed E-state index contributed by atoms with van der Waals surface area (Å²) < 4.78 is 24.1. The lowest BCUT2D eigenvalue weighted by atomic mass is 10.0. The highest BCUT2D eigenvalue weighted by atomic mass is 32.2. The molecule has 9 heteroatoms. The van der Waals surface area contributed by atoms with Gasteiger partial charge in [0.25, 0.3) is 5.56 Å². The molecule has 0 saturated heterocycles. The minimum absolute atomic E-state index is 0.0786. The van der Waals surface area contributed by atoms with E-state index in [9.17, 15) is 4.79 Å². The molecule has 1 N–H and O–H groups in total. The van der Waals surface area contributed by atoms with E-state index in [-0.39, 0.29) is 23.6 Å². The second kappa shape index (κ2) is 6.56. The van der Waals surface area contributed by atoms with Gasteiger partial charge in [-0.15, -0.1) is 0 Å². The summed E-state index contributed by atoms with van der Waals surface area (Å²) in [4.78, 5) is 17.4. The molecule has 0 spiro atoms. The largest absolute Gasteiger partial charge is 0.492 e. The Hall–Kier alpha value is -2.55. The van der Waals surface area contributed by atoms with Crippen LogP contribution in [-0.2, 0) is 0 Å². The fourth-order valence-corrected chi connectivity index (χ4v) is 4.52. The number of thioether (sulfide) groups is 1. The molecule has 1 aromatic carbocycles. The number of aromatic amines is 1. The van der Waals surface area contributed by atoms with E-state index in [1.807, 2.05) is 26.8 Å². The standard InChI is InChI=1S/C18H21N3O5S/c1-8(2)21-17-12(18(22)20-21)16(27-9(3)19-17)10-6-11-14(26-7-25-11)15(24-5)13(10)23-4/h6,8,16H,7H2,1-5H3,(H,20,22)/t16-/m0/s1. The summed E-state index contributed by atoms with van der Waals surface area (Å²) in [5.41, 5.74) is 1.22. The van der Waals surface area contributed by atoms with Gasteiger partial charge in [0.1, 0.15) is 0 Å². The monoisotopic (exact) mass is 391 g/mol. The molecule has 0 radical (unpaired) electrons. The van der Waals surface area contributed by atoms with Gasteiger partial charge in [0.15, 0.2) is 17.3 Å². The number of methoxy groups -OCH3 is 2. The van der Waals surface area contributed by atoms with Crippen molar-refractivity contribution < 1.29 is 18.9 Å². The lowest BCUT2D eigenvalue weighted by Gasteiger charge is -2.24. The number of nitrogens with one attached hydrogen (secondary N) is 1. The average molecular weight is 391 g/mol. The number of hydrogen-bond donors (Lipinski definition) is 1. The smallest absolute Gasteiger partial charge is 0.271 e. The van der Waals surface area contributed by atoms with Crippen LogP contribution < -0.4 is 24.5 Å². The molecule has 2 aromatic rings. The van der Waals surface area contributed by atoms with Crippen molar-refractivity contribution in [3.63, 3.8) is 0 Å². The van der Waals surface area contributed by atoms with Gasteiger partial charge in [0, 0.05) is 11.6 Å². The van der Waals surface area contributed by atoms with Crippen LogP contribution >= 0.6 is 11.8 Å². The van der Waals surface area contributed by atoms with Crippen molar-refractivity contribution in [2.45, 2.75) is 32.1 Å². The third kappa shape index (κ3) is 2.68. The van der Waals surface area contributed by atoms with Crippen LogP contribution in [0.15, 0.2) is 15.9 Å².